The number of hydrogen-bond acceptors (Lipinski definition) is 5. The van der Waals surface area contributed by atoms with Crippen molar-refractivity contribution in [3.63, 3.8) is 0 Å². The van der Waals surface area contributed by atoms with Gasteiger partial charge in [0.05, 0.1) is 12.5 Å². The van der Waals surface area contributed by atoms with Crippen molar-refractivity contribution in [1.82, 2.24) is 4.98 Å². The Morgan fingerprint density at radius 1 is 1.00 bits per heavy atom. The van der Waals surface area contributed by atoms with Gasteiger partial charge in [-0.1, -0.05) is 22.9 Å². The van der Waals surface area contributed by atoms with E-state index in [1.54, 1.807) is 48.9 Å². The molecule has 0 atom stereocenters. The number of halogens is 1. The average Bonchev–Trinajstić information content (AvgIpc) is 3.36. The number of nitrogens with zero attached hydrogens (tertiary/aromatic N) is 1. The molecule has 0 radical (unpaired) electrons. The van der Waals surface area contributed by atoms with Gasteiger partial charge in [-0.3, -0.25) is 10.1 Å². The van der Waals surface area contributed by atoms with E-state index in [1.807, 2.05) is 12.1 Å². The van der Waals surface area contributed by atoms with Crippen LogP contribution in [0.5, 0.6) is 0 Å². The van der Waals surface area contributed by atoms with Gasteiger partial charge in [-0.25, -0.2) is 4.98 Å². The molecule has 1 aromatic carbocycles. The van der Waals surface area contributed by atoms with E-state index in [2.05, 4.69) is 10.3 Å². The first-order chi connectivity index (χ1) is 12.2. The van der Waals surface area contributed by atoms with E-state index in [0.29, 0.717) is 32.9 Å². The number of carbonyl (C=O) groups excluding carboxylic acids is 1. The molecule has 1 amide bonds. The van der Waals surface area contributed by atoms with E-state index in [9.17, 15) is 4.79 Å². The standard InChI is InChI=1S/C18H11ClN2O3S/c19-12-7-5-11(6-8-12)17(22)21-18-20-15(13-3-1-9-23-13)16(25-18)14-4-2-10-24-14/h1-10H,(H,20,21,22). The highest BCUT2D eigenvalue weighted by Crippen LogP contribution is 2.39. The summed E-state index contributed by atoms with van der Waals surface area (Å²) >= 11 is 7.17. The second-order valence-electron chi connectivity index (χ2n) is 5.11. The van der Waals surface area contributed by atoms with Crippen LogP contribution in [0.4, 0.5) is 5.13 Å². The molecule has 3 heterocycles. The minimum atomic E-state index is -0.262. The van der Waals surface area contributed by atoms with Crippen molar-refractivity contribution in [2.75, 3.05) is 5.32 Å². The topological polar surface area (TPSA) is 68.3 Å². The van der Waals surface area contributed by atoms with Crippen molar-refractivity contribution in [1.29, 1.82) is 0 Å². The number of benzene rings is 1. The summed E-state index contributed by atoms with van der Waals surface area (Å²) < 4.78 is 10.9. The average molecular weight is 371 g/mol. The minimum Gasteiger partial charge on any atom is -0.463 e. The third kappa shape index (κ3) is 3.22. The molecule has 0 bridgehead atoms. The Balaban J connectivity index is 1.68. The highest BCUT2D eigenvalue weighted by molar-refractivity contribution is 7.19. The van der Waals surface area contributed by atoms with Crippen molar-refractivity contribution in [2.45, 2.75) is 0 Å². The van der Waals surface area contributed by atoms with Crippen LogP contribution >= 0.6 is 22.9 Å². The molecule has 0 aliphatic rings. The third-order valence-electron chi connectivity index (χ3n) is 3.45. The zero-order valence-electron chi connectivity index (χ0n) is 12.7. The van der Waals surface area contributed by atoms with Crippen molar-refractivity contribution < 1.29 is 13.6 Å². The lowest BCUT2D eigenvalue weighted by atomic mass is 10.2. The molecule has 0 unspecified atom stereocenters. The molecular weight excluding hydrogens is 360 g/mol. The Kier molecular flexibility index (Phi) is 4.13. The maximum absolute atomic E-state index is 12.4. The molecule has 4 aromatic rings. The molecule has 0 fully saturated rings. The fourth-order valence-electron chi connectivity index (χ4n) is 2.30. The zero-order chi connectivity index (χ0) is 17.2. The second-order valence-corrected chi connectivity index (χ2v) is 6.55. The molecule has 4 rings (SSSR count). The van der Waals surface area contributed by atoms with Gasteiger partial charge < -0.3 is 8.83 Å². The summed E-state index contributed by atoms with van der Waals surface area (Å²) in [5.74, 6) is 1.01. The van der Waals surface area contributed by atoms with Crippen LogP contribution in [0.25, 0.3) is 22.1 Å². The van der Waals surface area contributed by atoms with Gasteiger partial charge in [0, 0.05) is 10.6 Å². The number of carbonyl (C=O) groups is 1. The van der Waals surface area contributed by atoms with E-state index in [-0.39, 0.29) is 5.91 Å². The van der Waals surface area contributed by atoms with Crippen molar-refractivity contribution in [3.8, 4) is 22.1 Å². The Labute approximate surface area is 151 Å². The maximum Gasteiger partial charge on any atom is 0.257 e. The summed E-state index contributed by atoms with van der Waals surface area (Å²) in [7, 11) is 0. The van der Waals surface area contributed by atoms with Crippen LogP contribution < -0.4 is 5.32 Å². The quantitative estimate of drug-likeness (QED) is 0.510. The van der Waals surface area contributed by atoms with Crippen LogP contribution in [-0.2, 0) is 0 Å². The van der Waals surface area contributed by atoms with E-state index >= 15 is 0 Å². The van der Waals surface area contributed by atoms with E-state index in [1.165, 1.54) is 11.3 Å². The molecule has 3 aromatic heterocycles. The number of anilines is 1. The monoisotopic (exact) mass is 370 g/mol. The van der Waals surface area contributed by atoms with Gasteiger partial charge in [-0.15, -0.1) is 0 Å². The summed E-state index contributed by atoms with van der Waals surface area (Å²) in [5.41, 5.74) is 1.12. The van der Waals surface area contributed by atoms with Gasteiger partial charge in [0.2, 0.25) is 0 Å². The Bertz CT molecular complexity index is 938. The van der Waals surface area contributed by atoms with Gasteiger partial charge >= 0.3 is 0 Å². The largest absolute Gasteiger partial charge is 0.463 e. The van der Waals surface area contributed by atoms with Gasteiger partial charge in [-0.05, 0) is 48.5 Å². The number of hydrogen-bond donors (Lipinski definition) is 1. The summed E-state index contributed by atoms with van der Waals surface area (Å²) in [6.45, 7) is 0. The molecule has 0 aliphatic carbocycles. The Morgan fingerprint density at radius 3 is 2.32 bits per heavy atom. The van der Waals surface area contributed by atoms with Gasteiger partial charge in [0.1, 0.15) is 16.3 Å². The number of furan rings is 2. The van der Waals surface area contributed by atoms with E-state index in [4.69, 9.17) is 20.4 Å². The fraction of sp³-hybridized carbons (Fsp3) is 0. The molecule has 25 heavy (non-hydrogen) atoms. The number of amides is 1. The minimum absolute atomic E-state index is 0.262. The molecule has 7 heteroatoms. The first kappa shape index (κ1) is 15.7. The fourth-order valence-corrected chi connectivity index (χ4v) is 3.36. The predicted molar refractivity (Wildman–Crippen MR) is 96.9 cm³/mol. The second kappa shape index (κ2) is 6.58. The van der Waals surface area contributed by atoms with E-state index < -0.39 is 0 Å². The molecule has 0 saturated heterocycles. The number of aromatic nitrogens is 1. The van der Waals surface area contributed by atoms with Crippen LogP contribution in [0.15, 0.2) is 69.9 Å². The Morgan fingerprint density at radius 2 is 1.68 bits per heavy atom. The normalized spacial score (nSPS) is 10.8. The number of nitrogens with one attached hydrogen (secondary N) is 1. The van der Waals surface area contributed by atoms with E-state index in [0.717, 1.165) is 4.88 Å². The highest BCUT2D eigenvalue weighted by atomic mass is 35.5. The predicted octanol–water partition coefficient (Wildman–Crippen LogP) is 5.57. The first-order valence-electron chi connectivity index (χ1n) is 7.36. The SMILES string of the molecule is O=C(Nc1nc(-c2ccco2)c(-c2ccco2)s1)c1ccc(Cl)cc1. The van der Waals surface area contributed by atoms with Gasteiger partial charge in [-0.2, -0.15) is 0 Å². The van der Waals surface area contributed by atoms with Crippen molar-refractivity contribution >= 4 is 34.0 Å². The van der Waals surface area contributed by atoms with Crippen molar-refractivity contribution in [2.24, 2.45) is 0 Å². The lowest BCUT2D eigenvalue weighted by Crippen LogP contribution is -2.11. The van der Waals surface area contributed by atoms with Gasteiger partial charge in [0.15, 0.2) is 10.9 Å². The van der Waals surface area contributed by atoms with Gasteiger partial charge in [0.25, 0.3) is 5.91 Å². The lowest BCUT2D eigenvalue weighted by Gasteiger charge is -2.01. The summed E-state index contributed by atoms with van der Waals surface area (Å²) in [4.78, 5) is 17.7. The molecule has 0 saturated carbocycles. The van der Waals surface area contributed by atoms with Crippen LogP contribution in [0.1, 0.15) is 10.4 Å². The molecule has 0 aliphatic heterocycles. The molecule has 5 nitrogen and oxygen atoms in total. The first-order valence-corrected chi connectivity index (χ1v) is 8.55. The highest BCUT2D eigenvalue weighted by Gasteiger charge is 2.20. The van der Waals surface area contributed by atoms with Crippen LogP contribution in [0, 0.1) is 0 Å². The molecule has 124 valence electrons. The van der Waals surface area contributed by atoms with Crippen LogP contribution in [0.3, 0.4) is 0 Å². The molecule has 0 spiro atoms. The molecule has 1 N–H and O–H groups in total. The number of rotatable bonds is 4. The summed E-state index contributed by atoms with van der Waals surface area (Å²) in [5, 5.41) is 3.84. The summed E-state index contributed by atoms with van der Waals surface area (Å²) in [6.07, 6.45) is 3.17. The number of thiazole rings is 1. The smallest absolute Gasteiger partial charge is 0.257 e. The molecular formula is C18H11ClN2O3S. The summed E-state index contributed by atoms with van der Waals surface area (Å²) in [6, 6.07) is 13.9. The van der Waals surface area contributed by atoms with Crippen molar-refractivity contribution in [3.05, 3.63) is 71.6 Å². The third-order valence-corrected chi connectivity index (χ3v) is 4.69. The van der Waals surface area contributed by atoms with Crippen LogP contribution in [-0.4, -0.2) is 10.9 Å². The Hall–Kier alpha value is -2.83. The zero-order valence-corrected chi connectivity index (χ0v) is 14.3. The van der Waals surface area contributed by atoms with Crippen LogP contribution in [0.2, 0.25) is 5.02 Å². The lowest BCUT2D eigenvalue weighted by molar-refractivity contribution is 0.102. The maximum atomic E-state index is 12.4.